The Balaban J connectivity index is 1.92. The van der Waals surface area contributed by atoms with Crippen molar-refractivity contribution in [3.05, 3.63) is 66.7 Å². The summed E-state index contributed by atoms with van der Waals surface area (Å²) < 4.78 is 10.8. The molecule has 136 valence electrons. The van der Waals surface area contributed by atoms with Gasteiger partial charge in [-0.1, -0.05) is 30.9 Å². The molecule has 0 radical (unpaired) electrons. The van der Waals surface area contributed by atoms with Crippen molar-refractivity contribution in [2.45, 2.75) is 17.1 Å². The van der Waals surface area contributed by atoms with E-state index in [0.29, 0.717) is 18.1 Å². The molecule has 0 heterocycles. The average Bonchev–Trinajstić information content (AvgIpc) is 2.67. The number of methoxy groups -OCH3 is 1. The molecule has 0 aromatic heterocycles. The number of ether oxygens (including phenoxy) is 2. The first-order chi connectivity index (χ1) is 12.6. The van der Waals surface area contributed by atoms with Crippen molar-refractivity contribution in [2.24, 2.45) is 5.10 Å². The fraction of sp³-hybridized carbons (Fsp3) is 0.200. The maximum Gasteiger partial charge on any atom is 0.253 e. The predicted molar refractivity (Wildman–Crippen MR) is 106 cm³/mol. The Hall–Kier alpha value is -2.73. The first-order valence-electron chi connectivity index (χ1n) is 8.10. The van der Waals surface area contributed by atoms with Crippen LogP contribution >= 0.6 is 11.8 Å². The highest BCUT2D eigenvalue weighted by molar-refractivity contribution is 8.00. The highest BCUT2D eigenvalue weighted by atomic mass is 32.2. The van der Waals surface area contributed by atoms with E-state index in [1.165, 1.54) is 11.8 Å². The van der Waals surface area contributed by atoms with E-state index in [-0.39, 0.29) is 11.2 Å². The standard InChI is InChI=1S/C20H22N2O3S/c1-4-12-25-18-11-10-16(13-19(18)24-3)14-21-22-20(23)15(2)26-17-8-6-5-7-9-17/h4-11,13-15H,1,12H2,2-3H3,(H,22,23)/b21-14-/t15-/m0/s1. The largest absolute Gasteiger partial charge is 0.493 e. The molecule has 5 nitrogen and oxygen atoms in total. The van der Waals surface area contributed by atoms with Crippen LogP contribution in [0.15, 0.2) is 71.2 Å². The molecule has 1 amide bonds. The minimum atomic E-state index is -0.251. The van der Waals surface area contributed by atoms with Crippen LogP contribution in [0.3, 0.4) is 0 Å². The summed E-state index contributed by atoms with van der Waals surface area (Å²) >= 11 is 1.48. The maximum absolute atomic E-state index is 12.1. The van der Waals surface area contributed by atoms with Crippen molar-refractivity contribution < 1.29 is 14.3 Å². The molecular weight excluding hydrogens is 348 g/mol. The summed E-state index contributed by atoms with van der Waals surface area (Å²) in [6.07, 6.45) is 3.23. The summed E-state index contributed by atoms with van der Waals surface area (Å²) in [6, 6.07) is 15.2. The van der Waals surface area contributed by atoms with Crippen molar-refractivity contribution >= 4 is 23.9 Å². The van der Waals surface area contributed by atoms with E-state index in [4.69, 9.17) is 9.47 Å². The van der Waals surface area contributed by atoms with Crippen LogP contribution in [0.4, 0.5) is 0 Å². The third-order valence-electron chi connectivity index (χ3n) is 3.36. The van der Waals surface area contributed by atoms with Gasteiger partial charge in [0.25, 0.3) is 5.91 Å². The Morgan fingerprint density at radius 1 is 1.27 bits per heavy atom. The van der Waals surface area contributed by atoms with Crippen molar-refractivity contribution in [3.8, 4) is 11.5 Å². The lowest BCUT2D eigenvalue weighted by Crippen LogP contribution is -2.26. The molecule has 0 bridgehead atoms. The molecule has 26 heavy (non-hydrogen) atoms. The van der Waals surface area contributed by atoms with Crippen LogP contribution in [0.25, 0.3) is 0 Å². The highest BCUT2D eigenvalue weighted by Gasteiger charge is 2.13. The summed E-state index contributed by atoms with van der Waals surface area (Å²) in [6.45, 7) is 5.86. The van der Waals surface area contributed by atoms with Gasteiger partial charge >= 0.3 is 0 Å². The smallest absolute Gasteiger partial charge is 0.253 e. The number of hydrazone groups is 1. The van der Waals surface area contributed by atoms with Crippen LogP contribution < -0.4 is 14.9 Å². The number of rotatable bonds is 9. The highest BCUT2D eigenvalue weighted by Crippen LogP contribution is 2.27. The third-order valence-corrected chi connectivity index (χ3v) is 4.47. The van der Waals surface area contributed by atoms with Gasteiger partial charge in [-0.05, 0) is 42.8 Å². The molecule has 6 heteroatoms. The van der Waals surface area contributed by atoms with E-state index in [1.54, 1.807) is 31.5 Å². The van der Waals surface area contributed by atoms with Gasteiger partial charge in [0.05, 0.1) is 18.6 Å². The van der Waals surface area contributed by atoms with E-state index in [1.807, 2.05) is 43.3 Å². The fourth-order valence-corrected chi connectivity index (χ4v) is 2.93. The summed E-state index contributed by atoms with van der Waals surface area (Å²) in [5.74, 6) is 1.06. The predicted octanol–water partition coefficient (Wildman–Crippen LogP) is 3.89. The molecule has 1 atom stereocenters. The molecule has 2 aromatic rings. The lowest BCUT2D eigenvalue weighted by Gasteiger charge is -2.10. The van der Waals surface area contributed by atoms with E-state index < -0.39 is 0 Å². The monoisotopic (exact) mass is 370 g/mol. The quantitative estimate of drug-likeness (QED) is 0.315. The van der Waals surface area contributed by atoms with E-state index in [9.17, 15) is 4.79 Å². The number of nitrogens with zero attached hydrogens (tertiary/aromatic N) is 1. The fourth-order valence-electron chi connectivity index (χ4n) is 2.05. The van der Waals surface area contributed by atoms with Gasteiger partial charge in [-0.25, -0.2) is 5.43 Å². The molecule has 0 fully saturated rings. The lowest BCUT2D eigenvalue weighted by molar-refractivity contribution is -0.120. The number of amides is 1. The van der Waals surface area contributed by atoms with Gasteiger partial charge in [0.2, 0.25) is 0 Å². The summed E-state index contributed by atoms with van der Waals surface area (Å²) in [5.41, 5.74) is 3.35. The van der Waals surface area contributed by atoms with Gasteiger partial charge in [-0.3, -0.25) is 4.79 Å². The van der Waals surface area contributed by atoms with Crippen molar-refractivity contribution in [1.82, 2.24) is 5.43 Å². The minimum absolute atomic E-state index is 0.159. The van der Waals surface area contributed by atoms with Crippen LogP contribution in [0, 0.1) is 0 Å². The first kappa shape index (κ1) is 19.6. The molecule has 0 aliphatic heterocycles. The van der Waals surface area contributed by atoms with E-state index >= 15 is 0 Å². The van der Waals surface area contributed by atoms with Gasteiger partial charge in [-0.15, -0.1) is 11.8 Å². The maximum atomic E-state index is 12.1. The second-order valence-corrected chi connectivity index (χ2v) is 6.73. The number of hydrogen-bond acceptors (Lipinski definition) is 5. The van der Waals surface area contributed by atoms with Crippen molar-refractivity contribution in [1.29, 1.82) is 0 Å². The van der Waals surface area contributed by atoms with Crippen LogP contribution in [-0.2, 0) is 4.79 Å². The lowest BCUT2D eigenvalue weighted by atomic mass is 10.2. The molecule has 2 aromatic carbocycles. The van der Waals surface area contributed by atoms with Crippen LogP contribution in [-0.4, -0.2) is 31.1 Å². The Morgan fingerprint density at radius 3 is 2.73 bits per heavy atom. The normalized spacial score (nSPS) is 11.8. The SMILES string of the molecule is C=CCOc1ccc(/C=N\NC(=O)[C@H](C)Sc2ccccc2)cc1OC. The van der Waals surface area contributed by atoms with Crippen LogP contribution in [0.2, 0.25) is 0 Å². The molecule has 0 unspecified atom stereocenters. The van der Waals surface area contributed by atoms with Crippen LogP contribution in [0.1, 0.15) is 12.5 Å². The Bertz CT molecular complexity index is 763. The summed E-state index contributed by atoms with van der Waals surface area (Å²) in [5, 5.41) is 3.77. The number of carbonyl (C=O) groups is 1. The number of carbonyl (C=O) groups excluding carboxylic acids is 1. The van der Waals surface area contributed by atoms with E-state index in [2.05, 4.69) is 17.1 Å². The zero-order chi connectivity index (χ0) is 18.8. The van der Waals surface area contributed by atoms with E-state index in [0.717, 1.165) is 10.5 Å². The minimum Gasteiger partial charge on any atom is -0.493 e. The molecule has 0 spiro atoms. The number of benzene rings is 2. The molecule has 1 N–H and O–H groups in total. The van der Waals surface area contributed by atoms with Gasteiger partial charge in [0, 0.05) is 4.90 Å². The Morgan fingerprint density at radius 2 is 2.04 bits per heavy atom. The summed E-state index contributed by atoms with van der Waals surface area (Å²) in [7, 11) is 1.57. The molecule has 0 saturated heterocycles. The number of hydrogen-bond donors (Lipinski definition) is 1. The molecule has 0 aliphatic rings. The van der Waals surface area contributed by atoms with Gasteiger partial charge in [0.15, 0.2) is 11.5 Å². The number of thioether (sulfide) groups is 1. The van der Waals surface area contributed by atoms with Crippen molar-refractivity contribution in [2.75, 3.05) is 13.7 Å². The molecular formula is C20H22N2O3S. The Kier molecular flexibility index (Phi) is 7.76. The van der Waals surface area contributed by atoms with Crippen LogP contribution in [0.5, 0.6) is 11.5 Å². The third kappa shape index (κ3) is 5.97. The zero-order valence-electron chi connectivity index (χ0n) is 14.8. The van der Waals surface area contributed by atoms with Gasteiger partial charge in [0.1, 0.15) is 6.61 Å². The molecule has 0 saturated carbocycles. The zero-order valence-corrected chi connectivity index (χ0v) is 15.7. The average molecular weight is 370 g/mol. The summed E-state index contributed by atoms with van der Waals surface area (Å²) in [4.78, 5) is 13.2. The van der Waals surface area contributed by atoms with Gasteiger partial charge < -0.3 is 9.47 Å². The molecule has 0 aliphatic carbocycles. The first-order valence-corrected chi connectivity index (χ1v) is 8.98. The van der Waals surface area contributed by atoms with Gasteiger partial charge in [-0.2, -0.15) is 5.10 Å². The molecule has 2 rings (SSSR count). The topological polar surface area (TPSA) is 59.9 Å². The second kappa shape index (κ2) is 10.3. The Labute approximate surface area is 158 Å². The van der Waals surface area contributed by atoms with Crippen molar-refractivity contribution in [3.63, 3.8) is 0 Å². The second-order valence-electron chi connectivity index (χ2n) is 5.32. The number of nitrogens with one attached hydrogen (secondary N) is 1.